The van der Waals surface area contributed by atoms with Gasteiger partial charge in [-0.1, -0.05) is 30.3 Å². The summed E-state index contributed by atoms with van der Waals surface area (Å²) in [6.07, 6.45) is 2.06. The van der Waals surface area contributed by atoms with Crippen LogP contribution in [-0.4, -0.2) is 4.98 Å². The van der Waals surface area contributed by atoms with Crippen molar-refractivity contribution in [3.8, 4) is 17.2 Å². The van der Waals surface area contributed by atoms with Gasteiger partial charge in [0.2, 0.25) is 0 Å². The summed E-state index contributed by atoms with van der Waals surface area (Å²) in [4.78, 5) is 4.07. The van der Waals surface area contributed by atoms with Crippen LogP contribution in [0.3, 0.4) is 0 Å². The van der Waals surface area contributed by atoms with Crippen LogP contribution in [-0.2, 0) is 6.42 Å². The van der Waals surface area contributed by atoms with Crippen LogP contribution >= 0.6 is 0 Å². The smallest absolute Gasteiger partial charge is 0.123 e. The van der Waals surface area contributed by atoms with Crippen molar-refractivity contribution in [1.82, 2.24) is 4.98 Å². The molecule has 2 rings (SSSR count). The van der Waals surface area contributed by atoms with Gasteiger partial charge in [-0.2, -0.15) is 5.26 Å². The number of nitrogen functional groups attached to an aromatic ring is 1. The minimum atomic E-state index is 0.344. The lowest BCUT2D eigenvalue weighted by Gasteiger charge is -2.07. The molecule has 2 aromatic rings. The van der Waals surface area contributed by atoms with E-state index in [0.717, 1.165) is 16.7 Å². The molecule has 3 heteroatoms. The molecule has 1 aromatic carbocycles. The summed E-state index contributed by atoms with van der Waals surface area (Å²) in [6.45, 7) is 0. The zero-order valence-corrected chi connectivity index (χ0v) is 8.72. The monoisotopic (exact) mass is 209 g/mol. The van der Waals surface area contributed by atoms with Gasteiger partial charge in [0.25, 0.3) is 0 Å². The molecule has 0 bridgehead atoms. The maximum absolute atomic E-state index is 8.77. The first-order valence-electron chi connectivity index (χ1n) is 4.98. The Bertz CT molecular complexity index is 527. The lowest BCUT2D eigenvalue weighted by atomic mass is 10.0. The van der Waals surface area contributed by atoms with Crippen LogP contribution in [0.25, 0.3) is 11.1 Å². The Morgan fingerprint density at radius 1 is 1.25 bits per heavy atom. The quantitative estimate of drug-likeness (QED) is 0.826. The third-order valence-corrected chi connectivity index (χ3v) is 2.37. The lowest BCUT2D eigenvalue weighted by molar-refractivity contribution is 1.22. The standard InChI is InChI=1S/C13H11N3/c14-7-6-11-8-13(15)16-9-12(11)10-4-2-1-3-5-10/h1-5,8-9H,6H2,(H2,15,16). The Morgan fingerprint density at radius 3 is 2.69 bits per heavy atom. The first kappa shape index (κ1) is 10.2. The van der Waals surface area contributed by atoms with Gasteiger partial charge in [-0.3, -0.25) is 0 Å². The van der Waals surface area contributed by atoms with Gasteiger partial charge in [-0.15, -0.1) is 0 Å². The molecule has 0 saturated heterocycles. The molecule has 78 valence electrons. The molecule has 1 heterocycles. The normalized spacial score (nSPS) is 9.69. The van der Waals surface area contributed by atoms with E-state index in [2.05, 4.69) is 11.1 Å². The fourth-order valence-electron chi connectivity index (χ4n) is 1.62. The third kappa shape index (κ3) is 2.01. The molecule has 0 aliphatic rings. The topological polar surface area (TPSA) is 62.7 Å². The Hall–Kier alpha value is -2.34. The maximum atomic E-state index is 8.77. The molecule has 0 spiro atoms. The van der Waals surface area contributed by atoms with Crippen LogP contribution in [0.4, 0.5) is 5.82 Å². The van der Waals surface area contributed by atoms with E-state index in [9.17, 15) is 0 Å². The van der Waals surface area contributed by atoms with Crippen molar-refractivity contribution in [2.75, 3.05) is 5.73 Å². The summed E-state index contributed by atoms with van der Waals surface area (Å²) in [7, 11) is 0. The number of nitrogens with two attached hydrogens (primary N) is 1. The highest BCUT2D eigenvalue weighted by atomic mass is 14.8. The molecule has 0 aliphatic heterocycles. The van der Waals surface area contributed by atoms with E-state index in [1.807, 2.05) is 30.3 Å². The van der Waals surface area contributed by atoms with Crippen LogP contribution < -0.4 is 5.73 Å². The van der Waals surface area contributed by atoms with Gasteiger partial charge in [0.05, 0.1) is 12.5 Å². The van der Waals surface area contributed by atoms with Crippen molar-refractivity contribution >= 4 is 5.82 Å². The van der Waals surface area contributed by atoms with E-state index in [0.29, 0.717) is 12.2 Å². The molecule has 0 fully saturated rings. The summed E-state index contributed by atoms with van der Waals surface area (Å²) in [5.74, 6) is 0.449. The van der Waals surface area contributed by atoms with Gasteiger partial charge in [0.1, 0.15) is 5.82 Å². The van der Waals surface area contributed by atoms with Crippen molar-refractivity contribution in [3.05, 3.63) is 48.2 Å². The van der Waals surface area contributed by atoms with E-state index < -0.39 is 0 Å². The Balaban J connectivity index is 2.53. The number of nitriles is 1. The first-order chi connectivity index (χ1) is 7.81. The predicted molar refractivity (Wildman–Crippen MR) is 63.4 cm³/mol. The van der Waals surface area contributed by atoms with Crippen molar-refractivity contribution in [2.24, 2.45) is 0 Å². The molecule has 0 radical (unpaired) electrons. The molecule has 2 N–H and O–H groups in total. The molecule has 1 aromatic heterocycles. The predicted octanol–water partition coefficient (Wildman–Crippen LogP) is 2.40. The van der Waals surface area contributed by atoms with E-state index in [-0.39, 0.29) is 0 Å². The third-order valence-electron chi connectivity index (χ3n) is 2.37. The molecule has 0 aliphatic carbocycles. The summed E-state index contributed by atoms with van der Waals surface area (Å²) in [5.41, 5.74) is 8.56. The summed E-state index contributed by atoms with van der Waals surface area (Å²) >= 11 is 0. The molecular formula is C13H11N3. The van der Waals surface area contributed by atoms with Crippen molar-refractivity contribution in [3.63, 3.8) is 0 Å². The van der Waals surface area contributed by atoms with Crippen LogP contribution in [0, 0.1) is 11.3 Å². The molecule has 16 heavy (non-hydrogen) atoms. The number of nitrogens with zero attached hydrogens (tertiary/aromatic N) is 2. The SMILES string of the molecule is N#CCc1cc(N)ncc1-c1ccccc1. The Kier molecular flexibility index (Phi) is 2.84. The van der Waals surface area contributed by atoms with E-state index in [4.69, 9.17) is 11.0 Å². The van der Waals surface area contributed by atoms with Gasteiger partial charge < -0.3 is 5.73 Å². The zero-order valence-electron chi connectivity index (χ0n) is 8.72. The van der Waals surface area contributed by atoms with Gasteiger partial charge >= 0.3 is 0 Å². The van der Waals surface area contributed by atoms with Crippen LogP contribution in [0.15, 0.2) is 42.6 Å². The second-order valence-electron chi connectivity index (χ2n) is 3.47. The highest BCUT2D eigenvalue weighted by molar-refractivity contribution is 5.68. The van der Waals surface area contributed by atoms with Crippen LogP contribution in [0.2, 0.25) is 0 Å². The van der Waals surface area contributed by atoms with E-state index >= 15 is 0 Å². The number of hydrogen-bond acceptors (Lipinski definition) is 3. The number of rotatable bonds is 2. The summed E-state index contributed by atoms with van der Waals surface area (Å²) in [6, 6.07) is 13.8. The second kappa shape index (κ2) is 4.45. The molecule has 0 atom stereocenters. The van der Waals surface area contributed by atoms with Gasteiger partial charge in [0.15, 0.2) is 0 Å². The highest BCUT2D eigenvalue weighted by Crippen LogP contribution is 2.24. The minimum Gasteiger partial charge on any atom is -0.384 e. The number of benzene rings is 1. The van der Waals surface area contributed by atoms with E-state index in [1.165, 1.54) is 0 Å². The van der Waals surface area contributed by atoms with Crippen LogP contribution in [0.5, 0.6) is 0 Å². The zero-order chi connectivity index (χ0) is 11.4. The Labute approximate surface area is 94.2 Å². The van der Waals surface area contributed by atoms with E-state index in [1.54, 1.807) is 12.3 Å². The van der Waals surface area contributed by atoms with Gasteiger partial charge in [0, 0.05) is 11.8 Å². The molecule has 3 nitrogen and oxygen atoms in total. The first-order valence-corrected chi connectivity index (χ1v) is 4.98. The Morgan fingerprint density at radius 2 is 2.00 bits per heavy atom. The minimum absolute atomic E-state index is 0.344. The average Bonchev–Trinajstić information content (AvgIpc) is 2.31. The lowest BCUT2D eigenvalue weighted by Crippen LogP contribution is -1.95. The van der Waals surface area contributed by atoms with Crippen molar-refractivity contribution in [2.45, 2.75) is 6.42 Å². The summed E-state index contributed by atoms with van der Waals surface area (Å²) < 4.78 is 0. The average molecular weight is 209 g/mol. The second-order valence-corrected chi connectivity index (χ2v) is 3.47. The number of pyridine rings is 1. The molecule has 0 saturated carbocycles. The molecule has 0 unspecified atom stereocenters. The van der Waals surface area contributed by atoms with Crippen molar-refractivity contribution < 1.29 is 0 Å². The highest BCUT2D eigenvalue weighted by Gasteiger charge is 2.05. The fourth-order valence-corrected chi connectivity index (χ4v) is 1.62. The number of hydrogen-bond donors (Lipinski definition) is 1. The number of anilines is 1. The van der Waals surface area contributed by atoms with Crippen molar-refractivity contribution in [1.29, 1.82) is 5.26 Å². The fraction of sp³-hybridized carbons (Fsp3) is 0.0769. The molecular weight excluding hydrogens is 198 g/mol. The van der Waals surface area contributed by atoms with Crippen LogP contribution in [0.1, 0.15) is 5.56 Å². The largest absolute Gasteiger partial charge is 0.384 e. The number of aromatic nitrogens is 1. The van der Waals surface area contributed by atoms with Gasteiger partial charge in [-0.25, -0.2) is 4.98 Å². The molecule has 0 amide bonds. The summed E-state index contributed by atoms with van der Waals surface area (Å²) in [5, 5.41) is 8.77. The van der Waals surface area contributed by atoms with Gasteiger partial charge in [-0.05, 0) is 17.2 Å². The maximum Gasteiger partial charge on any atom is 0.123 e.